The topological polar surface area (TPSA) is 167 Å². The van der Waals surface area contributed by atoms with E-state index in [1.807, 2.05) is 0 Å². The summed E-state index contributed by atoms with van der Waals surface area (Å²) in [6.45, 7) is 5.94. The minimum atomic E-state index is -1.03. The number of carbonyl (C=O) groups excluding carboxylic acids is 6. The van der Waals surface area contributed by atoms with E-state index in [2.05, 4.69) is 11.3 Å². The molecule has 0 aromatic heterocycles. The largest absolute Gasteiger partial charge is 0.519 e. The van der Waals surface area contributed by atoms with Gasteiger partial charge in [-0.05, 0) is 99.2 Å². The van der Waals surface area contributed by atoms with Crippen LogP contribution in [-0.4, -0.2) is 56.3 Å². The maximum atomic E-state index is 12.7. The smallest absolute Gasteiger partial charge is 0.468 e. The summed E-state index contributed by atoms with van der Waals surface area (Å²) in [6, 6.07) is 16.1. The summed E-state index contributed by atoms with van der Waals surface area (Å²) < 4.78 is 35.3. The standard InChI is InChI=1S/C36H36O13/c1-3-33(39)44-21-6-4-5-9-31(38)26-10-12-27(13-11-26)34(40)49-32-19-18-30(23-25(32)2)48-36(42)47-29-16-14-28(15-17-29)46-35(41)45-22-8-7-20-43-24-37/h3,10-19,23-24H,1,4-9,20-22H2,2H3. The molecule has 0 saturated heterocycles. The number of benzene rings is 3. The fourth-order valence-corrected chi connectivity index (χ4v) is 4.10. The van der Waals surface area contributed by atoms with Gasteiger partial charge in [0, 0.05) is 18.1 Å². The molecule has 0 heterocycles. The van der Waals surface area contributed by atoms with Crippen LogP contribution in [0.1, 0.15) is 64.8 Å². The lowest BCUT2D eigenvalue weighted by atomic mass is 10.0. The van der Waals surface area contributed by atoms with E-state index in [0.29, 0.717) is 49.7 Å². The first kappa shape index (κ1) is 37.5. The van der Waals surface area contributed by atoms with Crippen LogP contribution in [0.3, 0.4) is 0 Å². The first-order chi connectivity index (χ1) is 23.7. The first-order valence-electron chi connectivity index (χ1n) is 15.3. The van der Waals surface area contributed by atoms with Gasteiger partial charge in [0.2, 0.25) is 0 Å². The van der Waals surface area contributed by atoms with Gasteiger partial charge >= 0.3 is 24.2 Å². The van der Waals surface area contributed by atoms with Crippen LogP contribution in [0.15, 0.2) is 79.4 Å². The van der Waals surface area contributed by atoms with Crippen molar-refractivity contribution in [1.29, 1.82) is 0 Å². The zero-order valence-corrected chi connectivity index (χ0v) is 26.9. The number of ether oxygens (including phenoxy) is 7. The highest BCUT2D eigenvalue weighted by molar-refractivity contribution is 5.98. The summed E-state index contributed by atoms with van der Waals surface area (Å²) in [5.41, 5.74) is 1.22. The molecule has 3 aromatic carbocycles. The molecule has 258 valence electrons. The molecule has 0 atom stereocenters. The molecule has 0 aliphatic heterocycles. The van der Waals surface area contributed by atoms with Gasteiger partial charge in [0.05, 0.1) is 25.4 Å². The summed E-state index contributed by atoms with van der Waals surface area (Å²) in [6.07, 6.45) is 2.52. The zero-order valence-electron chi connectivity index (χ0n) is 26.9. The van der Waals surface area contributed by atoms with Crippen molar-refractivity contribution in [2.75, 3.05) is 19.8 Å². The SMILES string of the molecule is C=CC(=O)OCCCCCC(=O)c1ccc(C(=O)Oc2ccc(OC(=O)Oc3ccc(OC(=O)OCCCCOC=O)cc3)cc2C)cc1. The third-order valence-electron chi connectivity index (χ3n) is 6.62. The molecule has 13 heteroatoms. The monoisotopic (exact) mass is 676 g/mol. The normalized spacial score (nSPS) is 10.2. The Kier molecular flexibility index (Phi) is 15.5. The van der Waals surface area contributed by atoms with Gasteiger partial charge in [-0.25, -0.2) is 19.2 Å². The molecular weight excluding hydrogens is 640 g/mol. The van der Waals surface area contributed by atoms with Gasteiger partial charge in [-0.15, -0.1) is 0 Å². The van der Waals surface area contributed by atoms with E-state index in [0.717, 1.165) is 12.5 Å². The first-order valence-corrected chi connectivity index (χ1v) is 15.3. The molecule has 49 heavy (non-hydrogen) atoms. The van der Waals surface area contributed by atoms with Crippen molar-refractivity contribution in [1.82, 2.24) is 0 Å². The molecule has 0 radical (unpaired) electrons. The van der Waals surface area contributed by atoms with Crippen molar-refractivity contribution in [3.8, 4) is 23.0 Å². The molecule has 0 aliphatic rings. The Morgan fingerprint density at radius 3 is 1.86 bits per heavy atom. The number of carbonyl (C=O) groups is 6. The number of ketones is 1. The van der Waals surface area contributed by atoms with Crippen LogP contribution < -0.4 is 18.9 Å². The number of Topliss-reactive ketones (excluding diaryl/α,β-unsaturated/α-hetero) is 1. The number of unbranched alkanes of at least 4 members (excludes halogenated alkanes) is 3. The van der Waals surface area contributed by atoms with Crippen molar-refractivity contribution in [2.24, 2.45) is 0 Å². The van der Waals surface area contributed by atoms with E-state index in [4.69, 9.17) is 28.4 Å². The van der Waals surface area contributed by atoms with E-state index in [9.17, 15) is 28.8 Å². The van der Waals surface area contributed by atoms with Gasteiger partial charge in [-0.3, -0.25) is 9.59 Å². The Morgan fingerprint density at radius 2 is 1.20 bits per heavy atom. The van der Waals surface area contributed by atoms with Gasteiger partial charge in [-0.2, -0.15) is 0 Å². The third kappa shape index (κ3) is 13.7. The lowest BCUT2D eigenvalue weighted by molar-refractivity contribution is -0.137. The molecule has 0 unspecified atom stereocenters. The number of aryl methyl sites for hydroxylation is 1. The fraction of sp³-hybridized carbons (Fsp3) is 0.278. The van der Waals surface area contributed by atoms with Crippen LogP contribution in [0.2, 0.25) is 0 Å². The van der Waals surface area contributed by atoms with Gasteiger partial charge in [0.15, 0.2) is 5.78 Å². The molecule has 0 amide bonds. The molecular formula is C36H36O13. The molecule has 0 N–H and O–H groups in total. The van der Waals surface area contributed by atoms with Crippen molar-refractivity contribution >= 4 is 36.5 Å². The lowest BCUT2D eigenvalue weighted by Gasteiger charge is -2.10. The molecule has 0 bridgehead atoms. The van der Waals surface area contributed by atoms with E-state index < -0.39 is 24.2 Å². The van der Waals surface area contributed by atoms with Crippen molar-refractivity contribution in [3.05, 3.63) is 96.1 Å². The van der Waals surface area contributed by atoms with E-state index >= 15 is 0 Å². The van der Waals surface area contributed by atoms with Crippen molar-refractivity contribution in [3.63, 3.8) is 0 Å². The summed E-state index contributed by atoms with van der Waals surface area (Å²) in [5.74, 6) is -0.503. The molecule has 3 rings (SSSR count). The molecule has 0 saturated carbocycles. The van der Waals surface area contributed by atoms with Gasteiger partial charge in [-0.1, -0.05) is 18.7 Å². The fourth-order valence-electron chi connectivity index (χ4n) is 4.10. The maximum Gasteiger partial charge on any atom is 0.519 e. The number of hydrogen-bond donors (Lipinski definition) is 0. The van der Waals surface area contributed by atoms with E-state index in [1.54, 1.807) is 19.1 Å². The molecule has 0 spiro atoms. The molecule has 13 nitrogen and oxygen atoms in total. The summed E-state index contributed by atoms with van der Waals surface area (Å²) in [5, 5.41) is 0. The predicted molar refractivity (Wildman–Crippen MR) is 173 cm³/mol. The second-order valence-electron chi connectivity index (χ2n) is 10.3. The number of esters is 2. The predicted octanol–water partition coefficient (Wildman–Crippen LogP) is 6.73. The number of hydrogen-bond acceptors (Lipinski definition) is 13. The minimum Gasteiger partial charge on any atom is -0.468 e. The van der Waals surface area contributed by atoms with E-state index in [1.165, 1.54) is 54.6 Å². The second kappa shape index (κ2) is 20.3. The minimum absolute atomic E-state index is 0.0659. The maximum absolute atomic E-state index is 12.7. The highest BCUT2D eigenvalue weighted by Gasteiger charge is 2.15. The lowest BCUT2D eigenvalue weighted by Crippen LogP contribution is -2.14. The Morgan fingerprint density at radius 1 is 0.633 bits per heavy atom. The van der Waals surface area contributed by atoms with Gasteiger partial charge < -0.3 is 33.2 Å². The average molecular weight is 677 g/mol. The highest BCUT2D eigenvalue weighted by Crippen LogP contribution is 2.25. The molecule has 0 fully saturated rings. The zero-order chi connectivity index (χ0) is 35.4. The van der Waals surface area contributed by atoms with Crippen LogP contribution in [-0.2, 0) is 23.8 Å². The summed E-state index contributed by atoms with van der Waals surface area (Å²) in [7, 11) is 0. The molecule has 0 aliphatic carbocycles. The highest BCUT2D eigenvalue weighted by atomic mass is 16.7. The number of rotatable bonds is 19. The Hall–Kier alpha value is -5.98. The average Bonchev–Trinajstić information content (AvgIpc) is 3.09. The Balaban J connectivity index is 1.41. The Bertz CT molecular complexity index is 1590. The van der Waals surface area contributed by atoms with E-state index in [-0.39, 0.29) is 54.2 Å². The molecule has 3 aromatic rings. The van der Waals surface area contributed by atoms with Crippen molar-refractivity contribution < 1.29 is 61.9 Å². The van der Waals surface area contributed by atoms with Crippen LogP contribution in [0.25, 0.3) is 0 Å². The quantitative estimate of drug-likeness (QED) is 0.0192. The second-order valence-corrected chi connectivity index (χ2v) is 10.3. The van der Waals surface area contributed by atoms with Gasteiger partial charge in [0.25, 0.3) is 6.47 Å². The van der Waals surface area contributed by atoms with Crippen LogP contribution in [0, 0.1) is 6.92 Å². The summed E-state index contributed by atoms with van der Waals surface area (Å²) >= 11 is 0. The van der Waals surface area contributed by atoms with Crippen LogP contribution in [0.4, 0.5) is 9.59 Å². The Labute approximate surface area is 282 Å². The summed E-state index contributed by atoms with van der Waals surface area (Å²) in [4.78, 5) is 70.4. The van der Waals surface area contributed by atoms with Crippen LogP contribution >= 0.6 is 0 Å². The van der Waals surface area contributed by atoms with Crippen molar-refractivity contribution in [2.45, 2.75) is 45.4 Å². The van der Waals surface area contributed by atoms with Crippen LogP contribution in [0.5, 0.6) is 23.0 Å². The third-order valence-corrected chi connectivity index (χ3v) is 6.62. The van der Waals surface area contributed by atoms with Gasteiger partial charge in [0.1, 0.15) is 23.0 Å².